The largest absolute Gasteiger partial charge is 0.308 e. The summed E-state index contributed by atoms with van der Waals surface area (Å²) < 4.78 is 14.9. The van der Waals surface area contributed by atoms with Crippen molar-refractivity contribution < 1.29 is 4.39 Å². The summed E-state index contributed by atoms with van der Waals surface area (Å²) >= 11 is 5.81. The summed E-state index contributed by atoms with van der Waals surface area (Å²) in [5.41, 5.74) is 1.67. The predicted molar refractivity (Wildman–Crippen MR) is 79.4 cm³/mol. The maximum Gasteiger partial charge on any atom is 0.204 e. The van der Waals surface area contributed by atoms with E-state index in [1.54, 1.807) is 17.7 Å². The lowest BCUT2D eigenvalue weighted by Gasteiger charge is -2.12. The molecule has 0 radical (unpaired) electrons. The molecule has 0 amide bonds. The molecule has 1 aliphatic rings. The number of nitrogens with zero attached hydrogens (tertiary/aromatic N) is 2. The van der Waals surface area contributed by atoms with Gasteiger partial charge in [-0.05, 0) is 38.0 Å². The van der Waals surface area contributed by atoms with Crippen molar-refractivity contribution in [2.75, 3.05) is 0 Å². The molecule has 1 aliphatic carbocycles. The highest BCUT2D eigenvalue weighted by Crippen LogP contribution is 2.20. The van der Waals surface area contributed by atoms with Gasteiger partial charge in [-0.25, -0.2) is 9.07 Å². The molecule has 0 saturated heterocycles. The van der Waals surface area contributed by atoms with Crippen molar-refractivity contribution in [2.24, 2.45) is 0 Å². The Labute approximate surface area is 126 Å². The van der Waals surface area contributed by atoms with Gasteiger partial charge in [0, 0.05) is 24.3 Å². The predicted octanol–water partition coefficient (Wildman–Crippen LogP) is 2.59. The second kappa shape index (κ2) is 5.58. The fraction of sp³-hybridized carbons (Fsp3) is 0.333. The molecule has 1 heterocycles. The van der Waals surface area contributed by atoms with Gasteiger partial charge in [0.2, 0.25) is 5.43 Å². The van der Waals surface area contributed by atoms with E-state index < -0.39 is 5.82 Å². The van der Waals surface area contributed by atoms with Gasteiger partial charge in [0.1, 0.15) is 11.5 Å². The summed E-state index contributed by atoms with van der Waals surface area (Å²) in [7, 11) is 0. The highest BCUT2D eigenvalue weighted by molar-refractivity contribution is 6.30. The monoisotopic (exact) mass is 307 g/mol. The van der Waals surface area contributed by atoms with Crippen molar-refractivity contribution >= 4 is 11.6 Å². The van der Waals surface area contributed by atoms with Gasteiger partial charge in [-0.3, -0.25) is 4.79 Å². The average molecular weight is 308 g/mol. The van der Waals surface area contributed by atoms with Crippen molar-refractivity contribution in [1.82, 2.24) is 15.1 Å². The van der Waals surface area contributed by atoms with Gasteiger partial charge in [0.25, 0.3) is 0 Å². The van der Waals surface area contributed by atoms with Crippen molar-refractivity contribution in [1.29, 1.82) is 0 Å². The third kappa shape index (κ3) is 3.14. The molecule has 4 nitrogen and oxygen atoms in total. The van der Waals surface area contributed by atoms with Gasteiger partial charge in [0.05, 0.1) is 10.7 Å². The van der Waals surface area contributed by atoms with Crippen LogP contribution in [0.15, 0.2) is 29.1 Å². The van der Waals surface area contributed by atoms with Crippen LogP contribution in [0, 0.1) is 12.7 Å². The van der Waals surface area contributed by atoms with Crippen molar-refractivity contribution in [3.8, 4) is 5.69 Å². The third-order valence-corrected chi connectivity index (χ3v) is 3.75. The third-order valence-electron chi connectivity index (χ3n) is 3.46. The lowest BCUT2D eigenvalue weighted by atomic mass is 10.2. The van der Waals surface area contributed by atoms with Crippen LogP contribution in [0.1, 0.15) is 24.2 Å². The molecule has 1 saturated carbocycles. The second-order valence-corrected chi connectivity index (χ2v) is 5.67. The van der Waals surface area contributed by atoms with E-state index in [2.05, 4.69) is 10.4 Å². The number of nitrogens with one attached hydrogen (secondary N) is 1. The number of aryl methyl sites for hydroxylation is 1. The summed E-state index contributed by atoms with van der Waals surface area (Å²) in [5.74, 6) is -0.477. The average Bonchev–Trinajstić information content (AvgIpc) is 3.25. The summed E-state index contributed by atoms with van der Waals surface area (Å²) in [5, 5.41) is 7.68. The fourth-order valence-electron chi connectivity index (χ4n) is 2.11. The molecule has 21 heavy (non-hydrogen) atoms. The molecule has 1 aromatic carbocycles. The van der Waals surface area contributed by atoms with Gasteiger partial charge in [0.15, 0.2) is 0 Å². The first kappa shape index (κ1) is 14.2. The minimum atomic E-state index is -0.477. The maximum atomic E-state index is 13.3. The number of hydrogen-bond donors (Lipinski definition) is 1. The van der Waals surface area contributed by atoms with E-state index in [0.717, 1.165) is 12.8 Å². The minimum absolute atomic E-state index is 0.0325. The minimum Gasteiger partial charge on any atom is -0.308 e. The molecule has 0 unspecified atom stereocenters. The number of benzene rings is 1. The number of aromatic nitrogens is 2. The Kier molecular flexibility index (Phi) is 3.78. The van der Waals surface area contributed by atoms with Crippen LogP contribution in [0.3, 0.4) is 0 Å². The van der Waals surface area contributed by atoms with Gasteiger partial charge in [-0.15, -0.1) is 0 Å². The Morgan fingerprint density at radius 1 is 1.43 bits per heavy atom. The summed E-state index contributed by atoms with van der Waals surface area (Å²) in [6.45, 7) is 2.22. The zero-order valence-electron chi connectivity index (χ0n) is 11.6. The number of rotatable bonds is 4. The SMILES string of the molecule is Cc1cc(=O)c(CNC2CC2)nn1-c1ccc(F)c(Cl)c1. The van der Waals surface area contributed by atoms with Gasteiger partial charge in [-0.2, -0.15) is 5.10 Å². The van der Waals surface area contributed by atoms with Crippen LogP contribution in [0.5, 0.6) is 0 Å². The highest BCUT2D eigenvalue weighted by Gasteiger charge is 2.21. The van der Waals surface area contributed by atoms with Crippen molar-refractivity contribution in [3.63, 3.8) is 0 Å². The molecule has 1 N–H and O–H groups in total. The van der Waals surface area contributed by atoms with E-state index in [9.17, 15) is 9.18 Å². The van der Waals surface area contributed by atoms with Crippen LogP contribution in [-0.2, 0) is 6.54 Å². The van der Waals surface area contributed by atoms with Crippen LogP contribution < -0.4 is 10.7 Å². The van der Waals surface area contributed by atoms with Crippen LogP contribution in [0.2, 0.25) is 5.02 Å². The standard InChI is InChI=1S/C15H15ClFN3O/c1-9-6-15(21)14(8-18-10-2-3-10)19-20(9)11-4-5-13(17)12(16)7-11/h4-7,10,18H,2-3,8H2,1H3. The summed E-state index contributed by atoms with van der Waals surface area (Å²) in [4.78, 5) is 12.0. The number of hydrogen-bond acceptors (Lipinski definition) is 3. The Bertz CT molecular complexity index is 740. The Hall–Kier alpha value is -1.72. The Balaban J connectivity index is 1.97. The van der Waals surface area contributed by atoms with Crippen LogP contribution in [0.4, 0.5) is 4.39 Å². The first-order valence-electron chi connectivity index (χ1n) is 6.83. The first-order valence-corrected chi connectivity index (χ1v) is 7.21. The zero-order valence-corrected chi connectivity index (χ0v) is 12.3. The first-order chi connectivity index (χ1) is 10.0. The molecule has 2 aromatic rings. The molecule has 1 fully saturated rings. The van der Waals surface area contributed by atoms with Gasteiger partial charge < -0.3 is 5.32 Å². The van der Waals surface area contributed by atoms with Gasteiger partial charge in [-0.1, -0.05) is 11.6 Å². The molecule has 0 spiro atoms. The zero-order chi connectivity index (χ0) is 15.0. The van der Waals surface area contributed by atoms with Crippen molar-refractivity contribution in [2.45, 2.75) is 32.4 Å². The molecule has 6 heteroatoms. The molecule has 1 aromatic heterocycles. The van der Waals surface area contributed by atoms with Crippen LogP contribution in [-0.4, -0.2) is 15.8 Å². The lowest BCUT2D eigenvalue weighted by Crippen LogP contribution is -2.25. The van der Waals surface area contributed by atoms with Crippen molar-refractivity contribution in [3.05, 3.63) is 56.7 Å². The van der Waals surface area contributed by atoms with E-state index in [-0.39, 0.29) is 10.5 Å². The lowest BCUT2D eigenvalue weighted by molar-refractivity contribution is 0.624. The van der Waals surface area contributed by atoms with E-state index in [1.165, 1.54) is 18.2 Å². The molecular formula is C15H15ClFN3O. The normalized spacial score (nSPS) is 14.4. The second-order valence-electron chi connectivity index (χ2n) is 5.26. The Morgan fingerprint density at radius 2 is 2.19 bits per heavy atom. The summed E-state index contributed by atoms with van der Waals surface area (Å²) in [6, 6.07) is 6.41. The Morgan fingerprint density at radius 3 is 2.86 bits per heavy atom. The molecule has 0 aliphatic heterocycles. The smallest absolute Gasteiger partial charge is 0.204 e. The summed E-state index contributed by atoms with van der Waals surface area (Å²) in [6.07, 6.45) is 2.29. The van der Waals surface area contributed by atoms with E-state index >= 15 is 0 Å². The van der Waals surface area contributed by atoms with E-state index in [4.69, 9.17) is 11.6 Å². The van der Waals surface area contributed by atoms with Crippen LogP contribution in [0.25, 0.3) is 5.69 Å². The van der Waals surface area contributed by atoms with E-state index in [0.29, 0.717) is 29.7 Å². The quantitative estimate of drug-likeness (QED) is 0.944. The molecule has 0 atom stereocenters. The fourth-order valence-corrected chi connectivity index (χ4v) is 2.29. The number of halogens is 2. The van der Waals surface area contributed by atoms with E-state index in [1.807, 2.05) is 0 Å². The maximum absolute atomic E-state index is 13.3. The molecule has 110 valence electrons. The highest BCUT2D eigenvalue weighted by atomic mass is 35.5. The topological polar surface area (TPSA) is 46.9 Å². The molecular weight excluding hydrogens is 293 g/mol. The molecule has 0 bridgehead atoms. The van der Waals surface area contributed by atoms with Crippen LogP contribution >= 0.6 is 11.6 Å². The van der Waals surface area contributed by atoms with Gasteiger partial charge >= 0.3 is 0 Å². The molecule has 3 rings (SSSR count).